The van der Waals surface area contributed by atoms with Crippen LogP contribution >= 0.6 is 11.6 Å². The number of hydrogen-bond acceptors (Lipinski definition) is 5. The molecule has 2 aromatic rings. The third-order valence-electron chi connectivity index (χ3n) is 5.04. The van der Waals surface area contributed by atoms with Crippen LogP contribution in [0.2, 0.25) is 5.02 Å². The second-order valence-corrected chi connectivity index (χ2v) is 8.86. The van der Waals surface area contributed by atoms with Crippen LogP contribution in [-0.2, 0) is 10.0 Å². The van der Waals surface area contributed by atoms with Gasteiger partial charge < -0.3 is 4.90 Å². The molecule has 0 spiro atoms. The van der Waals surface area contributed by atoms with Gasteiger partial charge in [-0.05, 0) is 31.4 Å². The average Bonchev–Trinajstić information content (AvgIpc) is 3.21. The summed E-state index contributed by atoms with van der Waals surface area (Å²) in [4.78, 5) is 14.3. The maximum atomic E-state index is 13.3. The van der Waals surface area contributed by atoms with E-state index in [1.807, 2.05) is 0 Å². The van der Waals surface area contributed by atoms with Crippen molar-refractivity contribution >= 4 is 27.5 Å². The lowest BCUT2D eigenvalue weighted by molar-refractivity contribution is 0.0609. The standard InChI is InChI=1S/C16H18ClN5O3S/c1-10-3-2-4-13(17)15(10)26(24,25)22-11-5-6-12(22)9-21(8-11)16(23)14-7-18-20-19-14/h2-4,7,11-12H,5-6,8-9H2,1H3,(H,18,19,20). The number of carbonyl (C=O) groups excluding carboxylic acids is 1. The van der Waals surface area contributed by atoms with Crippen LogP contribution in [0.15, 0.2) is 29.3 Å². The predicted octanol–water partition coefficient (Wildman–Crippen LogP) is 1.44. The fraction of sp³-hybridized carbons (Fsp3) is 0.438. The Balaban J connectivity index is 1.64. The van der Waals surface area contributed by atoms with Gasteiger partial charge in [0.25, 0.3) is 5.91 Å². The summed E-state index contributed by atoms with van der Waals surface area (Å²) in [6.45, 7) is 2.42. The zero-order valence-corrected chi connectivity index (χ0v) is 15.7. The number of nitrogens with one attached hydrogen (secondary N) is 1. The van der Waals surface area contributed by atoms with Gasteiger partial charge in [-0.1, -0.05) is 23.7 Å². The molecule has 2 saturated heterocycles. The third kappa shape index (κ3) is 2.70. The molecule has 1 N–H and O–H groups in total. The van der Waals surface area contributed by atoms with Gasteiger partial charge in [-0.25, -0.2) is 8.42 Å². The normalized spacial score (nSPS) is 23.4. The van der Waals surface area contributed by atoms with E-state index in [0.29, 0.717) is 18.7 Å². The predicted molar refractivity (Wildman–Crippen MR) is 94.3 cm³/mol. The minimum absolute atomic E-state index is 0.162. The first kappa shape index (κ1) is 17.4. The molecule has 2 aliphatic rings. The van der Waals surface area contributed by atoms with E-state index < -0.39 is 10.0 Å². The lowest BCUT2D eigenvalue weighted by Gasteiger charge is -2.40. The SMILES string of the molecule is Cc1cccc(Cl)c1S(=O)(=O)N1C2CCC1CN(C(=O)c1cn[nH]n1)C2. The van der Waals surface area contributed by atoms with Crippen LogP contribution in [0.3, 0.4) is 0 Å². The van der Waals surface area contributed by atoms with Crippen molar-refractivity contribution in [2.75, 3.05) is 13.1 Å². The van der Waals surface area contributed by atoms with Crippen molar-refractivity contribution in [1.82, 2.24) is 24.6 Å². The summed E-state index contributed by atoms with van der Waals surface area (Å²) in [6, 6.07) is 4.55. The van der Waals surface area contributed by atoms with Crippen molar-refractivity contribution in [2.24, 2.45) is 0 Å². The Hall–Kier alpha value is -1.97. The fourth-order valence-electron chi connectivity index (χ4n) is 3.94. The molecule has 1 aromatic heterocycles. The maximum Gasteiger partial charge on any atom is 0.276 e. The van der Waals surface area contributed by atoms with Gasteiger partial charge in [0.15, 0.2) is 5.69 Å². The van der Waals surface area contributed by atoms with Gasteiger partial charge in [0.05, 0.1) is 11.2 Å². The van der Waals surface area contributed by atoms with Crippen molar-refractivity contribution in [3.8, 4) is 0 Å². The maximum absolute atomic E-state index is 13.3. The van der Waals surface area contributed by atoms with Gasteiger partial charge in [-0.3, -0.25) is 4.79 Å². The first-order valence-electron chi connectivity index (χ1n) is 8.33. The summed E-state index contributed by atoms with van der Waals surface area (Å²) in [6.07, 6.45) is 2.81. The molecule has 4 rings (SSSR count). The first-order chi connectivity index (χ1) is 12.4. The molecule has 0 aliphatic carbocycles. The first-order valence-corrected chi connectivity index (χ1v) is 10.1. The monoisotopic (exact) mass is 395 g/mol. The number of carbonyl (C=O) groups is 1. The number of piperazine rings is 1. The van der Waals surface area contributed by atoms with E-state index in [1.165, 1.54) is 6.20 Å². The molecular formula is C16H18ClN5O3S. The minimum atomic E-state index is -3.73. The second-order valence-electron chi connectivity index (χ2n) is 6.67. The molecule has 2 atom stereocenters. The summed E-state index contributed by atoms with van der Waals surface area (Å²) in [7, 11) is -3.73. The van der Waals surface area contributed by atoms with Gasteiger partial charge in [0, 0.05) is 25.2 Å². The molecule has 10 heteroatoms. The number of benzene rings is 1. The van der Waals surface area contributed by atoms with Gasteiger partial charge in [0.1, 0.15) is 4.90 Å². The average molecular weight is 396 g/mol. The van der Waals surface area contributed by atoms with Crippen LogP contribution in [0.25, 0.3) is 0 Å². The van der Waals surface area contributed by atoms with E-state index in [-0.39, 0.29) is 33.6 Å². The number of sulfonamides is 1. The smallest absolute Gasteiger partial charge is 0.276 e. The number of amides is 1. The van der Waals surface area contributed by atoms with Gasteiger partial charge in [-0.15, -0.1) is 0 Å². The van der Waals surface area contributed by atoms with Crippen molar-refractivity contribution in [3.63, 3.8) is 0 Å². The Morgan fingerprint density at radius 2 is 1.96 bits per heavy atom. The molecule has 2 unspecified atom stereocenters. The molecule has 2 bridgehead atoms. The van der Waals surface area contributed by atoms with E-state index in [0.717, 1.165) is 12.8 Å². The molecule has 0 radical (unpaired) electrons. The van der Waals surface area contributed by atoms with E-state index in [4.69, 9.17) is 11.6 Å². The Bertz CT molecular complexity index is 913. The fourth-order valence-corrected chi connectivity index (χ4v) is 6.58. The summed E-state index contributed by atoms with van der Waals surface area (Å²) in [5.41, 5.74) is 0.862. The Morgan fingerprint density at radius 1 is 1.27 bits per heavy atom. The molecule has 138 valence electrons. The number of rotatable bonds is 3. The lowest BCUT2D eigenvalue weighted by atomic mass is 10.2. The number of aryl methyl sites for hydroxylation is 1. The number of aromatic amines is 1. The zero-order chi connectivity index (χ0) is 18.5. The molecule has 0 saturated carbocycles. The summed E-state index contributed by atoms with van der Waals surface area (Å²) >= 11 is 6.21. The van der Waals surface area contributed by atoms with Crippen LogP contribution in [0.5, 0.6) is 0 Å². The molecule has 1 aromatic carbocycles. The Morgan fingerprint density at radius 3 is 2.54 bits per heavy atom. The third-order valence-corrected chi connectivity index (χ3v) is 7.67. The number of hydrogen-bond donors (Lipinski definition) is 1. The largest absolute Gasteiger partial charge is 0.334 e. The van der Waals surface area contributed by atoms with E-state index >= 15 is 0 Å². The summed E-state index contributed by atoms with van der Waals surface area (Å²) in [5, 5.41) is 10.1. The van der Waals surface area contributed by atoms with Gasteiger partial charge in [-0.2, -0.15) is 19.7 Å². The number of halogens is 1. The van der Waals surface area contributed by atoms with Crippen LogP contribution < -0.4 is 0 Å². The topological polar surface area (TPSA) is 99.3 Å². The van der Waals surface area contributed by atoms with Crippen molar-refractivity contribution in [2.45, 2.75) is 36.7 Å². The van der Waals surface area contributed by atoms with E-state index in [1.54, 1.807) is 34.3 Å². The molecule has 2 aliphatic heterocycles. The van der Waals surface area contributed by atoms with Crippen molar-refractivity contribution in [1.29, 1.82) is 0 Å². The van der Waals surface area contributed by atoms with Gasteiger partial charge >= 0.3 is 0 Å². The highest BCUT2D eigenvalue weighted by molar-refractivity contribution is 7.89. The molecule has 3 heterocycles. The Kier molecular flexibility index (Phi) is 4.25. The molecule has 26 heavy (non-hydrogen) atoms. The van der Waals surface area contributed by atoms with Crippen LogP contribution in [0.1, 0.15) is 28.9 Å². The highest BCUT2D eigenvalue weighted by atomic mass is 35.5. The number of likely N-dealkylation sites (tertiary alicyclic amines) is 1. The van der Waals surface area contributed by atoms with Crippen molar-refractivity contribution in [3.05, 3.63) is 40.7 Å². The zero-order valence-electron chi connectivity index (χ0n) is 14.1. The summed E-state index contributed by atoms with van der Waals surface area (Å²) in [5.74, 6) is -0.235. The number of fused-ring (bicyclic) bond motifs is 2. The molecule has 8 nitrogen and oxygen atoms in total. The minimum Gasteiger partial charge on any atom is -0.334 e. The number of nitrogens with zero attached hydrogens (tertiary/aromatic N) is 4. The van der Waals surface area contributed by atoms with Crippen LogP contribution in [0, 0.1) is 6.92 Å². The number of aromatic nitrogens is 3. The van der Waals surface area contributed by atoms with E-state index in [9.17, 15) is 13.2 Å². The molecular weight excluding hydrogens is 378 g/mol. The highest BCUT2D eigenvalue weighted by Gasteiger charge is 2.48. The number of H-pyrrole nitrogens is 1. The molecule has 1 amide bonds. The van der Waals surface area contributed by atoms with Crippen LogP contribution in [0.4, 0.5) is 0 Å². The summed E-state index contributed by atoms with van der Waals surface area (Å²) < 4.78 is 28.2. The molecule has 2 fully saturated rings. The van der Waals surface area contributed by atoms with Crippen LogP contribution in [-0.4, -0.2) is 64.1 Å². The van der Waals surface area contributed by atoms with E-state index in [2.05, 4.69) is 15.4 Å². The van der Waals surface area contributed by atoms with Gasteiger partial charge in [0.2, 0.25) is 10.0 Å². The second kappa shape index (κ2) is 6.33. The van der Waals surface area contributed by atoms with Crippen molar-refractivity contribution < 1.29 is 13.2 Å². The highest BCUT2D eigenvalue weighted by Crippen LogP contribution is 2.38. The lowest BCUT2D eigenvalue weighted by Crippen LogP contribution is -2.57. The Labute approximate surface area is 156 Å². The quantitative estimate of drug-likeness (QED) is 0.847.